The van der Waals surface area contributed by atoms with E-state index in [-0.39, 0.29) is 18.1 Å². The van der Waals surface area contributed by atoms with Gasteiger partial charge < -0.3 is 24.5 Å². The van der Waals surface area contributed by atoms with E-state index >= 15 is 0 Å². The zero-order chi connectivity index (χ0) is 25.4. The Kier molecular flexibility index (Phi) is 10.1. The number of esters is 1. The van der Waals surface area contributed by atoms with Crippen LogP contribution in [0.4, 0.5) is 4.79 Å². The Bertz CT molecular complexity index is 799. The normalized spacial score (nSPS) is 14.1. The summed E-state index contributed by atoms with van der Waals surface area (Å²) >= 11 is 0. The number of rotatable bonds is 9. The van der Waals surface area contributed by atoms with Crippen LogP contribution in [-0.4, -0.2) is 57.7 Å². The largest absolute Gasteiger partial charge is 0.467 e. The van der Waals surface area contributed by atoms with Gasteiger partial charge in [0.1, 0.15) is 17.7 Å². The van der Waals surface area contributed by atoms with E-state index in [2.05, 4.69) is 44.5 Å². The maximum Gasteiger partial charge on any atom is 0.408 e. The fourth-order valence-corrected chi connectivity index (χ4v) is 3.62. The maximum atomic E-state index is 13.2. The van der Waals surface area contributed by atoms with Crippen LogP contribution in [-0.2, 0) is 29.9 Å². The average molecular weight is 481 g/mol. The summed E-state index contributed by atoms with van der Waals surface area (Å²) in [6.07, 6.45) is -0.492. The molecule has 1 rings (SSSR count). The molecule has 9 heteroatoms. The van der Waals surface area contributed by atoms with E-state index < -0.39 is 44.0 Å². The molecule has 2 amide bonds. The molecule has 8 nitrogen and oxygen atoms in total. The molecule has 0 unspecified atom stereocenters. The fraction of sp³-hybridized carbons (Fsp3) is 0.625. The summed E-state index contributed by atoms with van der Waals surface area (Å²) in [5.41, 5.74) is 0.129. The van der Waals surface area contributed by atoms with Crippen molar-refractivity contribution in [3.05, 3.63) is 35.9 Å². The SMILES string of the molecule is COC(=O)[C@H](CO[Si](C)(C)C(C)(C)C)NC(=O)[C@H](Cc1ccccc1)NC(=O)OC(C)(C)C. The number of hydrogen-bond donors (Lipinski definition) is 2. The van der Waals surface area contributed by atoms with Gasteiger partial charge in [-0.05, 0) is 44.5 Å². The van der Waals surface area contributed by atoms with Gasteiger partial charge >= 0.3 is 12.1 Å². The molecular weight excluding hydrogens is 440 g/mol. The molecule has 0 saturated carbocycles. The molecule has 0 aliphatic heterocycles. The van der Waals surface area contributed by atoms with Crippen LogP contribution in [0.25, 0.3) is 0 Å². The van der Waals surface area contributed by atoms with Crippen LogP contribution < -0.4 is 10.6 Å². The van der Waals surface area contributed by atoms with Crippen molar-refractivity contribution in [2.45, 2.75) is 83.8 Å². The van der Waals surface area contributed by atoms with Crippen LogP contribution in [0.5, 0.6) is 0 Å². The van der Waals surface area contributed by atoms with E-state index in [9.17, 15) is 14.4 Å². The number of carbonyl (C=O) groups is 3. The molecule has 0 bridgehead atoms. The van der Waals surface area contributed by atoms with Gasteiger partial charge in [-0.1, -0.05) is 51.1 Å². The van der Waals surface area contributed by atoms with Crippen molar-refractivity contribution in [1.29, 1.82) is 0 Å². The van der Waals surface area contributed by atoms with Gasteiger partial charge in [-0.3, -0.25) is 4.79 Å². The van der Waals surface area contributed by atoms with E-state index in [1.807, 2.05) is 30.3 Å². The molecule has 2 N–H and O–H groups in total. The van der Waals surface area contributed by atoms with Gasteiger partial charge in [0, 0.05) is 6.42 Å². The lowest BCUT2D eigenvalue weighted by molar-refractivity contribution is -0.146. The predicted octanol–water partition coefficient (Wildman–Crippen LogP) is 3.80. The average Bonchev–Trinajstić information content (AvgIpc) is 2.68. The maximum absolute atomic E-state index is 13.2. The number of methoxy groups -OCH3 is 1. The van der Waals surface area contributed by atoms with E-state index in [0.717, 1.165) is 5.56 Å². The van der Waals surface area contributed by atoms with Crippen LogP contribution in [0.3, 0.4) is 0 Å². The van der Waals surface area contributed by atoms with Gasteiger partial charge in [-0.25, -0.2) is 9.59 Å². The van der Waals surface area contributed by atoms with E-state index in [0.29, 0.717) is 0 Å². The lowest BCUT2D eigenvalue weighted by Gasteiger charge is -2.37. The third-order valence-corrected chi connectivity index (χ3v) is 10.0. The number of carbonyl (C=O) groups excluding carboxylic acids is 3. The highest BCUT2D eigenvalue weighted by Gasteiger charge is 2.39. The van der Waals surface area contributed by atoms with Crippen LogP contribution in [0, 0.1) is 0 Å². The predicted molar refractivity (Wildman–Crippen MR) is 130 cm³/mol. The lowest BCUT2D eigenvalue weighted by Crippen LogP contribution is -2.55. The van der Waals surface area contributed by atoms with Crippen molar-refractivity contribution in [3.63, 3.8) is 0 Å². The minimum atomic E-state index is -2.17. The number of alkyl carbamates (subject to hydrolysis) is 1. The number of nitrogens with one attached hydrogen (secondary N) is 2. The second-order valence-corrected chi connectivity index (χ2v) is 15.4. The Morgan fingerprint density at radius 3 is 2.00 bits per heavy atom. The molecule has 1 aromatic carbocycles. The zero-order valence-corrected chi connectivity index (χ0v) is 22.4. The van der Waals surface area contributed by atoms with Crippen molar-refractivity contribution >= 4 is 26.3 Å². The molecule has 0 aliphatic carbocycles. The van der Waals surface area contributed by atoms with Gasteiger partial charge in [-0.15, -0.1) is 0 Å². The number of ether oxygens (including phenoxy) is 2. The van der Waals surface area contributed by atoms with Crippen molar-refractivity contribution < 1.29 is 28.3 Å². The minimum absolute atomic E-state index is 0.0145. The second-order valence-electron chi connectivity index (χ2n) is 10.5. The Morgan fingerprint density at radius 2 is 1.52 bits per heavy atom. The molecule has 2 atom stereocenters. The molecule has 33 heavy (non-hydrogen) atoms. The van der Waals surface area contributed by atoms with Crippen LogP contribution in [0.2, 0.25) is 18.1 Å². The third-order valence-electron chi connectivity index (χ3n) is 5.51. The molecule has 0 saturated heterocycles. The first-order valence-electron chi connectivity index (χ1n) is 11.1. The summed E-state index contributed by atoms with van der Waals surface area (Å²) in [6.45, 7) is 15.6. The van der Waals surface area contributed by atoms with Gasteiger partial charge in [0.05, 0.1) is 13.7 Å². The van der Waals surface area contributed by atoms with E-state index in [4.69, 9.17) is 13.9 Å². The number of amides is 2. The Balaban J connectivity index is 3.03. The molecule has 0 aromatic heterocycles. The first kappa shape index (κ1) is 28.6. The topological polar surface area (TPSA) is 103 Å². The summed E-state index contributed by atoms with van der Waals surface area (Å²) in [4.78, 5) is 37.9. The summed E-state index contributed by atoms with van der Waals surface area (Å²) in [5.74, 6) is -1.14. The van der Waals surface area contributed by atoms with Crippen molar-refractivity contribution in [1.82, 2.24) is 10.6 Å². The first-order chi connectivity index (χ1) is 15.1. The van der Waals surface area contributed by atoms with Crippen molar-refractivity contribution in [3.8, 4) is 0 Å². The van der Waals surface area contributed by atoms with Gasteiger partial charge in [0.25, 0.3) is 0 Å². The summed E-state index contributed by atoms with van der Waals surface area (Å²) in [7, 11) is -0.909. The third kappa shape index (κ3) is 9.96. The highest BCUT2D eigenvalue weighted by molar-refractivity contribution is 6.74. The minimum Gasteiger partial charge on any atom is -0.467 e. The number of benzene rings is 1. The molecule has 186 valence electrons. The summed E-state index contributed by atoms with van der Waals surface area (Å²) < 4.78 is 16.3. The van der Waals surface area contributed by atoms with Gasteiger partial charge in [0.15, 0.2) is 8.32 Å². The second kappa shape index (κ2) is 11.6. The molecule has 1 aromatic rings. The molecule has 0 aliphatic rings. The Hall–Kier alpha value is -2.39. The molecule has 0 spiro atoms. The number of hydrogen-bond acceptors (Lipinski definition) is 6. The quantitative estimate of drug-likeness (QED) is 0.412. The van der Waals surface area contributed by atoms with Crippen LogP contribution in [0.1, 0.15) is 47.1 Å². The molecular formula is C24H40N2O6Si. The first-order valence-corrected chi connectivity index (χ1v) is 14.0. The standard InChI is InChI=1S/C24H40N2O6Si/c1-23(2,3)32-22(29)26-18(15-17-13-11-10-12-14-17)20(27)25-19(21(28)30-7)16-31-33(8,9)24(4,5)6/h10-14,18-19H,15-16H2,1-9H3,(H,25,27)(H,26,29)/t18-,19-/m0/s1. The van der Waals surface area contributed by atoms with E-state index in [1.54, 1.807) is 20.8 Å². The fourth-order valence-electron chi connectivity index (χ4n) is 2.60. The highest BCUT2D eigenvalue weighted by atomic mass is 28.4. The van der Waals surface area contributed by atoms with Gasteiger partial charge in [-0.2, -0.15) is 0 Å². The molecule has 0 radical (unpaired) electrons. The van der Waals surface area contributed by atoms with E-state index in [1.165, 1.54) is 7.11 Å². The molecule has 0 heterocycles. The molecule has 0 fully saturated rings. The highest BCUT2D eigenvalue weighted by Crippen LogP contribution is 2.36. The monoisotopic (exact) mass is 480 g/mol. The van der Waals surface area contributed by atoms with Gasteiger partial charge in [0.2, 0.25) is 5.91 Å². The summed E-state index contributed by atoms with van der Waals surface area (Å²) in [6, 6.07) is 7.32. The Labute approximate surface area is 198 Å². The zero-order valence-electron chi connectivity index (χ0n) is 21.4. The van der Waals surface area contributed by atoms with Crippen molar-refractivity contribution in [2.24, 2.45) is 0 Å². The Morgan fingerprint density at radius 1 is 0.939 bits per heavy atom. The lowest BCUT2D eigenvalue weighted by atomic mass is 10.0. The van der Waals surface area contributed by atoms with Crippen LogP contribution >= 0.6 is 0 Å². The summed E-state index contributed by atoms with van der Waals surface area (Å²) in [5, 5.41) is 5.25. The van der Waals surface area contributed by atoms with Crippen molar-refractivity contribution in [2.75, 3.05) is 13.7 Å². The smallest absolute Gasteiger partial charge is 0.408 e. The van der Waals surface area contributed by atoms with Crippen LogP contribution in [0.15, 0.2) is 30.3 Å².